The van der Waals surface area contributed by atoms with Crippen molar-refractivity contribution in [3.05, 3.63) is 138 Å². The van der Waals surface area contributed by atoms with Gasteiger partial charge in [0, 0.05) is 41.5 Å². The van der Waals surface area contributed by atoms with Crippen molar-refractivity contribution in [2.75, 3.05) is 13.7 Å². The fourth-order valence-electron chi connectivity index (χ4n) is 6.16. The summed E-state index contributed by atoms with van der Waals surface area (Å²) in [5.41, 5.74) is 6.66. The molecular formula is C38H36N2O3. The highest BCUT2D eigenvalue weighted by Crippen LogP contribution is 2.37. The second kappa shape index (κ2) is 12.6. The van der Waals surface area contributed by atoms with Crippen molar-refractivity contribution in [1.82, 2.24) is 9.47 Å². The van der Waals surface area contributed by atoms with Crippen LogP contribution in [-0.2, 0) is 19.6 Å². The summed E-state index contributed by atoms with van der Waals surface area (Å²) in [6.07, 6.45) is 0.668. The van der Waals surface area contributed by atoms with Gasteiger partial charge in [-0.05, 0) is 60.2 Å². The molecular weight excluding hydrogens is 532 g/mol. The molecule has 0 spiro atoms. The van der Waals surface area contributed by atoms with Gasteiger partial charge >= 0.3 is 5.97 Å². The summed E-state index contributed by atoms with van der Waals surface area (Å²) in [6.45, 7) is 4.35. The Kier molecular flexibility index (Phi) is 8.25. The molecule has 0 unspecified atom stereocenters. The smallest absolute Gasteiger partial charge is 0.352 e. The summed E-state index contributed by atoms with van der Waals surface area (Å²) in [5.74, 6) is -0.0657. The molecule has 0 bridgehead atoms. The first-order valence-corrected chi connectivity index (χ1v) is 14.8. The van der Waals surface area contributed by atoms with Gasteiger partial charge in [-0.1, -0.05) is 103 Å². The van der Waals surface area contributed by atoms with E-state index in [1.807, 2.05) is 65.2 Å². The minimum atomic E-state index is -0.912. The van der Waals surface area contributed by atoms with Gasteiger partial charge in [0.15, 0.2) is 0 Å². The van der Waals surface area contributed by atoms with Gasteiger partial charge in [0.2, 0.25) is 0 Å². The number of carboxylic acids is 1. The zero-order valence-electron chi connectivity index (χ0n) is 24.7. The minimum absolute atomic E-state index is 0.348. The number of nitrogens with zero attached hydrogens (tertiary/aromatic N) is 2. The summed E-state index contributed by atoms with van der Waals surface area (Å²) >= 11 is 0. The topological polar surface area (TPSA) is 54.7 Å². The van der Waals surface area contributed by atoms with Gasteiger partial charge < -0.3 is 14.4 Å². The monoisotopic (exact) mass is 568 g/mol. The van der Waals surface area contributed by atoms with Gasteiger partial charge in [-0.15, -0.1) is 0 Å². The van der Waals surface area contributed by atoms with Crippen molar-refractivity contribution in [1.29, 1.82) is 0 Å². The second-order valence-corrected chi connectivity index (χ2v) is 11.1. The maximum atomic E-state index is 13.0. The highest BCUT2D eigenvalue weighted by Gasteiger charge is 2.25. The second-order valence-electron chi connectivity index (χ2n) is 11.1. The van der Waals surface area contributed by atoms with Crippen LogP contribution < -0.4 is 4.74 Å². The zero-order valence-corrected chi connectivity index (χ0v) is 24.7. The molecule has 1 N–H and O–H groups in total. The molecule has 0 aliphatic carbocycles. The average molecular weight is 569 g/mol. The van der Waals surface area contributed by atoms with Crippen LogP contribution in [0.2, 0.25) is 0 Å². The van der Waals surface area contributed by atoms with Crippen LogP contribution in [0.3, 0.4) is 0 Å². The van der Waals surface area contributed by atoms with Crippen LogP contribution in [-0.4, -0.2) is 34.2 Å². The van der Waals surface area contributed by atoms with Crippen LogP contribution in [0, 0.1) is 6.92 Å². The number of aromatic carboxylic acids is 1. The molecule has 6 aromatic rings. The Bertz CT molecular complexity index is 1890. The Morgan fingerprint density at radius 1 is 0.791 bits per heavy atom. The molecule has 5 aromatic carbocycles. The molecule has 0 fully saturated rings. The number of rotatable bonds is 11. The fraction of sp³-hybridized carbons (Fsp3) is 0.184. The lowest BCUT2D eigenvalue weighted by molar-refractivity contribution is 0.0682. The SMILES string of the molecule is Cc1ccccc1-c1cccc2c1c(CN(C)Cc1ccccc1)c(C(=O)O)n2CCCOc1cccc2ccccc12. The third kappa shape index (κ3) is 5.90. The summed E-state index contributed by atoms with van der Waals surface area (Å²) < 4.78 is 8.21. The van der Waals surface area contributed by atoms with Gasteiger partial charge in [-0.2, -0.15) is 0 Å². The molecule has 6 rings (SSSR count). The van der Waals surface area contributed by atoms with Crippen LogP contribution in [0.5, 0.6) is 5.75 Å². The number of hydrogen-bond acceptors (Lipinski definition) is 3. The molecule has 0 saturated carbocycles. The Morgan fingerprint density at radius 2 is 1.49 bits per heavy atom. The third-order valence-corrected chi connectivity index (χ3v) is 8.09. The van der Waals surface area contributed by atoms with Crippen LogP contribution >= 0.6 is 0 Å². The molecule has 5 nitrogen and oxygen atoms in total. The van der Waals surface area contributed by atoms with Crippen molar-refractivity contribution >= 4 is 27.6 Å². The Labute approximate surface area is 252 Å². The van der Waals surface area contributed by atoms with E-state index in [0.717, 1.165) is 56.2 Å². The highest BCUT2D eigenvalue weighted by molar-refractivity contribution is 6.05. The maximum absolute atomic E-state index is 13.0. The van der Waals surface area contributed by atoms with Crippen LogP contribution in [0.25, 0.3) is 32.8 Å². The number of aryl methyl sites for hydroxylation is 2. The number of ether oxygens (including phenoxy) is 1. The first kappa shape index (κ1) is 28.3. The van der Waals surface area contributed by atoms with Crippen molar-refractivity contribution in [3.8, 4) is 16.9 Å². The van der Waals surface area contributed by atoms with Crippen molar-refractivity contribution in [3.63, 3.8) is 0 Å². The normalized spacial score (nSPS) is 11.4. The van der Waals surface area contributed by atoms with Gasteiger partial charge in [0.1, 0.15) is 11.4 Å². The molecule has 43 heavy (non-hydrogen) atoms. The van der Waals surface area contributed by atoms with Gasteiger partial charge in [0.25, 0.3) is 0 Å². The van der Waals surface area contributed by atoms with E-state index in [4.69, 9.17) is 4.74 Å². The number of carboxylic acid groups (broad SMARTS) is 1. The standard InChI is InChI=1S/C38H36N2O3/c1-27-13-6-8-18-30(27)32-20-11-21-34-36(32)33(26-39(2)25-28-14-4-3-5-15-28)37(38(41)42)40(34)23-12-24-43-35-22-10-17-29-16-7-9-19-31(29)35/h3-11,13-22H,12,23-26H2,1-2H3,(H,41,42). The van der Waals surface area contributed by atoms with Crippen molar-refractivity contribution in [2.24, 2.45) is 0 Å². The number of aromatic nitrogens is 1. The van der Waals surface area contributed by atoms with E-state index in [1.165, 1.54) is 5.56 Å². The lowest BCUT2D eigenvalue weighted by Gasteiger charge is -2.18. The summed E-state index contributed by atoms with van der Waals surface area (Å²) in [4.78, 5) is 15.2. The number of carbonyl (C=O) groups is 1. The first-order chi connectivity index (χ1) is 21.0. The lowest BCUT2D eigenvalue weighted by Crippen LogP contribution is -2.20. The fourth-order valence-corrected chi connectivity index (χ4v) is 6.16. The van der Waals surface area contributed by atoms with E-state index in [-0.39, 0.29) is 0 Å². The van der Waals surface area contributed by atoms with Crippen LogP contribution in [0.4, 0.5) is 0 Å². The predicted octanol–water partition coefficient (Wildman–Crippen LogP) is 8.57. The van der Waals surface area contributed by atoms with E-state index >= 15 is 0 Å². The number of benzene rings is 5. The van der Waals surface area contributed by atoms with Crippen molar-refractivity contribution < 1.29 is 14.6 Å². The van der Waals surface area contributed by atoms with E-state index in [2.05, 4.69) is 73.5 Å². The number of hydrogen-bond donors (Lipinski definition) is 1. The summed E-state index contributed by atoms with van der Waals surface area (Å²) in [7, 11) is 2.05. The van der Waals surface area contributed by atoms with E-state index in [0.29, 0.717) is 31.8 Å². The van der Waals surface area contributed by atoms with Crippen molar-refractivity contribution in [2.45, 2.75) is 33.0 Å². The zero-order chi connectivity index (χ0) is 29.8. The molecule has 216 valence electrons. The molecule has 0 saturated heterocycles. The molecule has 0 atom stereocenters. The summed E-state index contributed by atoms with van der Waals surface area (Å²) in [5, 5.41) is 13.9. The minimum Gasteiger partial charge on any atom is -0.493 e. The van der Waals surface area contributed by atoms with Gasteiger partial charge in [-0.25, -0.2) is 4.79 Å². The lowest BCUT2D eigenvalue weighted by atomic mass is 9.95. The third-order valence-electron chi connectivity index (χ3n) is 8.09. The summed E-state index contributed by atoms with van der Waals surface area (Å²) in [6, 6.07) is 39.1. The molecule has 1 aromatic heterocycles. The molecule has 5 heteroatoms. The largest absolute Gasteiger partial charge is 0.493 e. The molecule has 1 heterocycles. The maximum Gasteiger partial charge on any atom is 0.352 e. The molecule has 0 aliphatic rings. The molecule has 0 radical (unpaired) electrons. The average Bonchev–Trinajstić information content (AvgIpc) is 3.33. The predicted molar refractivity (Wildman–Crippen MR) is 175 cm³/mol. The van der Waals surface area contributed by atoms with E-state index in [1.54, 1.807) is 0 Å². The molecule has 0 amide bonds. The Hall–Kier alpha value is -4.87. The molecule has 0 aliphatic heterocycles. The Balaban J connectivity index is 1.37. The highest BCUT2D eigenvalue weighted by atomic mass is 16.5. The van der Waals surface area contributed by atoms with E-state index < -0.39 is 5.97 Å². The van der Waals surface area contributed by atoms with Gasteiger partial charge in [-0.3, -0.25) is 4.90 Å². The van der Waals surface area contributed by atoms with Crippen LogP contribution in [0.1, 0.15) is 33.6 Å². The van der Waals surface area contributed by atoms with Gasteiger partial charge in [0.05, 0.1) is 6.61 Å². The van der Waals surface area contributed by atoms with E-state index in [9.17, 15) is 9.90 Å². The van der Waals surface area contributed by atoms with Crippen LogP contribution in [0.15, 0.2) is 115 Å². The Morgan fingerprint density at radius 3 is 2.30 bits per heavy atom. The number of fused-ring (bicyclic) bond motifs is 2. The first-order valence-electron chi connectivity index (χ1n) is 14.8. The quantitative estimate of drug-likeness (QED) is 0.159.